The van der Waals surface area contributed by atoms with Gasteiger partial charge in [-0.25, -0.2) is 23.9 Å². The van der Waals surface area contributed by atoms with Gasteiger partial charge < -0.3 is 24.8 Å². The summed E-state index contributed by atoms with van der Waals surface area (Å²) < 4.78 is 34.2. The number of carbonyl (C=O) groups is 1. The number of likely N-dealkylation sites (N-methyl/N-ethyl adjacent to an activating group) is 1. The average Bonchev–Trinajstić information content (AvgIpc) is 3.67. The smallest absolute Gasteiger partial charge is 0.284 e. The van der Waals surface area contributed by atoms with E-state index < -0.39 is 11.7 Å². The van der Waals surface area contributed by atoms with E-state index in [1.807, 2.05) is 37.9 Å². The lowest BCUT2D eigenvalue weighted by Crippen LogP contribution is -2.24. The third kappa shape index (κ3) is 6.34. The van der Waals surface area contributed by atoms with Crippen molar-refractivity contribution in [1.82, 2.24) is 29.5 Å². The molecule has 12 nitrogen and oxygen atoms in total. The number of nitrogens with zero attached hydrogens (tertiary/aromatic N) is 6. The van der Waals surface area contributed by atoms with E-state index in [1.165, 1.54) is 25.8 Å². The molecule has 2 N–H and O–H groups in total. The number of ether oxygens (including phenoxy) is 3. The lowest BCUT2D eigenvalue weighted by Gasteiger charge is -2.18. The molecule has 1 saturated heterocycles. The summed E-state index contributed by atoms with van der Waals surface area (Å²) in [5.41, 5.74) is 2.99. The van der Waals surface area contributed by atoms with Gasteiger partial charge in [0.1, 0.15) is 41.5 Å². The summed E-state index contributed by atoms with van der Waals surface area (Å²) in [6, 6.07) is 10.5. The Kier molecular flexibility index (Phi) is 8.43. The van der Waals surface area contributed by atoms with Gasteiger partial charge in [0.25, 0.3) is 5.91 Å². The summed E-state index contributed by atoms with van der Waals surface area (Å²) in [7, 11) is 3.39. The molecule has 6 rings (SSSR count). The van der Waals surface area contributed by atoms with Crippen LogP contribution in [-0.2, 0) is 4.79 Å². The third-order valence-corrected chi connectivity index (χ3v) is 7.65. The van der Waals surface area contributed by atoms with Gasteiger partial charge in [0.15, 0.2) is 11.5 Å². The van der Waals surface area contributed by atoms with Crippen molar-refractivity contribution in [3.63, 3.8) is 0 Å². The van der Waals surface area contributed by atoms with Crippen LogP contribution in [0.4, 0.5) is 21.6 Å². The first-order valence-electron chi connectivity index (χ1n) is 14.6. The number of anilines is 3. The Morgan fingerprint density at radius 2 is 1.96 bits per heavy atom. The minimum absolute atomic E-state index is 0.115. The number of aromatic nitrogens is 5. The monoisotopic (exact) mass is 612 g/mol. The number of amides is 1. The fraction of sp³-hybridized carbons (Fsp3) is 0.281. The van der Waals surface area contributed by atoms with Crippen LogP contribution in [0.15, 0.2) is 67.2 Å². The molecule has 4 heterocycles. The molecule has 1 amide bonds. The Morgan fingerprint density at radius 1 is 1.09 bits per heavy atom. The predicted octanol–water partition coefficient (Wildman–Crippen LogP) is 5.81. The zero-order valence-electron chi connectivity index (χ0n) is 25.4. The minimum Gasteiger partial charge on any atom is -0.494 e. The quantitative estimate of drug-likeness (QED) is 0.187. The molecule has 3 aromatic heterocycles. The van der Waals surface area contributed by atoms with Crippen molar-refractivity contribution in [1.29, 1.82) is 0 Å². The minimum atomic E-state index is -0.854. The molecule has 1 atom stereocenters. The largest absolute Gasteiger partial charge is 0.494 e. The highest BCUT2D eigenvalue weighted by molar-refractivity contribution is 6.05. The predicted molar refractivity (Wildman–Crippen MR) is 168 cm³/mol. The zero-order valence-corrected chi connectivity index (χ0v) is 25.4. The molecule has 1 fully saturated rings. The lowest BCUT2D eigenvalue weighted by atomic mass is 10.1. The summed E-state index contributed by atoms with van der Waals surface area (Å²) in [5.74, 6) is 0.838. The van der Waals surface area contributed by atoms with E-state index in [9.17, 15) is 9.18 Å². The molecule has 5 aromatic rings. The van der Waals surface area contributed by atoms with Crippen LogP contribution in [0.3, 0.4) is 0 Å². The molecule has 0 aliphatic carbocycles. The number of hydrogen-bond donors (Lipinski definition) is 2. The number of nitrogens with one attached hydrogen (secondary N) is 2. The first-order chi connectivity index (χ1) is 21.8. The van der Waals surface area contributed by atoms with E-state index in [2.05, 4.69) is 30.7 Å². The highest BCUT2D eigenvalue weighted by Crippen LogP contribution is 2.39. The molecule has 0 saturated carbocycles. The molecule has 0 radical (unpaired) electrons. The second-order valence-electron chi connectivity index (χ2n) is 10.7. The number of pyridine rings is 1. The average molecular weight is 613 g/mol. The number of likely N-dealkylation sites (tertiary alicyclic amines) is 1. The van der Waals surface area contributed by atoms with Crippen LogP contribution in [-0.4, -0.2) is 68.7 Å². The molecule has 1 aliphatic heterocycles. The topological polar surface area (TPSA) is 128 Å². The van der Waals surface area contributed by atoms with Crippen LogP contribution < -0.4 is 24.8 Å². The van der Waals surface area contributed by atoms with Crippen molar-refractivity contribution in [2.24, 2.45) is 0 Å². The fourth-order valence-corrected chi connectivity index (χ4v) is 5.29. The maximum Gasteiger partial charge on any atom is 0.284 e. The van der Waals surface area contributed by atoms with Gasteiger partial charge in [-0.05, 0) is 70.1 Å². The van der Waals surface area contributed by atoms with Crippen LogP contribution in [0.5, 0.6) is 23.0 Å². The first kappa shape index (κ1) is 29.8. The van der Waals surface area contributed by atoms with Gasteiger partial charge >= 0.3 is 0 Å². The highest BCUT2D eigenvalue weighted by atomic mass is 19.1. The van der Waals surface area contributed by atoms with Crippen molar-refractivity contribution in [3.05, 3.63) is 72.7 Å². The molecular weight excluding hydrogens is 579 g/mol. The Labute approximate surface area is 258 Å². The second kappa shape index (κ2) is 12.7. The molecule has 1 aliphatic rings. The molecule has 0 spiro atoms. The SMILES string of the molecule is CCOc1cc(Oc2ccn3ncnc3c2)c(C)cc1Nc1ncnc2cc(OC)c(NC(=O)/C(F)=C\C3CCCN3C)cc12. The Balaban J connectivity index is 1.30. The maximum absolute atomic E-state index is 14.9. The van der Waals surface area contributed by atoms with E-state index in [0.29, 0.717) is 57.7 Å². The van der Waals surface area contributed by atoms with Crippen molar-refractivity contribution in [3.8, 4) is 23.0 Å². The van der Waals surface area contributed by atoms with Crippen molar-refractivity contribution >= 4 is 39.6 Å². The third-order valence-electron chi connectivity index (χ3n) is 7.65. The summed E-state index contributed by atoms with van der Waals surface area (Å²) in [5, 5.41) is 10.7. The number of methoxy groups -OCH3 is 1. The lowest BCUT2D eigenvalue weighted by molar-refractivity contribution is -0.114. The van der Waals surface area contributed by atoms with Gasteiger partial charge in [-0.3, -0.25) is 9.69 Å². The number of aryl methyl sites for hydroxylation is 1. The summed E-state index contributed by atoms with van der Waals surface area (Å²) in [4.78, 5) is 27.9. The molecule has 232 valence electrons. The van der Waals surface area contributed by atoms with E-state index in [1.54, 1.807) is 35.0 Å². The van der Waals surface area contributed by atoms with Crippen molar-refractivity contribution < 1.29 is 23.4 Å². The van der Waals surface area contributed by atoms with E-state index in [4.69, 9.17) is 14.2 Å². The Hall–Kier alpha value is -5.30. The standard InChI is InChI=1S/C32H33FN8O4/c1-5-44-29-16-27(45-21-8-10-41-30(13-21)35-18-37-41)19(2)11-25(29)38-31-22-14-26(28(43-4)15-24(22)34-17-36-31)39-32(42)23(33)12-20-7-6-9-40(20)3/h8,10-18,20H,5-7,9H2,1-4H3,(H,39,42)(H,34,36,38)/b23-12+. The van der Waals surface area contributed by atoms with Crippen molar-refractivity contribution in [2.45, 2.75) is 32.7 Å². The summed E-state index contributed by atoms with van der Waals surface area (Å²) >= 11 is 0. The number of fused-ring (bicyclic) bond motifs is 2. The first-order valence-corrected chi connectivity index (χ1v) is 14.6. The normalized spacial score (nSPS) is 15.4. The van der Waals surface area contributed by atoms with Crippen LogP contribution in [0, 0.1) is 6.92 Å². The fourth-order valence-electron chi connectivity index (χ4n) is 5.29. The van der Waals surface area contributed by atoms with Crippen LogP contribution in [0.25, 0.3) is 16.6 Å². The summed E-state index contributed by atoms with van der Waals surface area (Å²) in [6.07, 6.45) is 7.81. The van der Waals surface area contributed by atoms with Crippen LogP contribution in [0.2, 0.25) is 0 Å². The molecule has 1 unspecified atom stereocenters. The second-order valence-corrected chi connectivity index (χ2v) is 10.7. The van der Waals surface area contributed by atoms with Crippen LogP contribution in [0.1, 0.15) is 25.3 Å². The van der Waals surface area contributed by atoms with Gasteiger partial charge in [0, 0.05) is 35.8 Å². The maximum atomic E-state index is 14.9. The summed E-state index contributed by atoms with van der Waals surface area (Å²) in [6.45, 7) is 5.10. The highest BCUT2D eigenvalue weighted by Gasteiger charge is 2.22. The molecule has 13 heteroatoms. The van der Waals surface area contributed by atoms with E-state index in [0.717, 1.165) is 24.9 Å². The van der Waals surface area contributed by atoms with Gasteiger partial charge in [-0.2, -0.15) is 5.10 Å². The van der Waals surface area contributed by atoms with Gasteiger partial charge in [-0.15, -0.1) is 0 Å². The zero-order chi connectivity index (χ0) is 31.5. The van der Waals surface area contributed by atoms with E-state index >= 15 is 0 Å². The molecular formula is C32H33FN8O4. The van der Waals surface area contributed by atoms with Crippen LogP contribution >= 0.6 is 0 Å². The Morgan fingerprint density at radius 3 is 2.73 bits per heavy atom. The number of rotatable bonds is 10. The van der Waals surface area contributed by atoms with Crippen molar-refractivity contribution in [2.75, 3.05) is 37.9 Å². The van der Waals surface area contributed by atoms with Gasteiger partial charge in [0.2, 0.25) is 0 Å². The number of carbonyl (C=O) groups excluding carboxylic acids is 1. The number of halogens is 1. The Bertz CT molecular complexity index is 1910. The number of hydrogen-bond acceptors (Lipinski definition) is 10. The van der Waals surface area contributed by atoms with Gasteiger partial charge in [0.05, 0.1) is 30.6 Å². The van der Waals surface area contributed by atoms with E-state index in [-0.39, 0.29) is 11.7 Å². The number of benzene rings is 2. The molecule has 0 bridgehead atoms. The molecule has 2 aromatic carbocycles. The van der Waals surface area contributed by atoms with Gasteiger partial charge in [-0.1, -0.05) is 0 Å². The molecule has 45 heavy (non-hydrogen) atoms.